The van der Waals surface area contributed by atoms with Gasteiger partial charge in [0.1, 0.15) is 0 Å². The SMILES string of the molecule is CCCN(CC(=O)N1CCCCC1C)C1CCC(N)CC1. The molecule has 0 aromatic carbocycles. The molecule has 0 aromatic rings. The molecule has 1 saturated heterocycles. The summed E-state index contributed by atoms with van der Waals surface area (Å²) in [7, 11) is 0. The molecule has 4 heteroatoms. The van der Waals surface area contributed by atoms with Gasteiger partial charge in [0.25, 0.3) is 0 Å². The van der Waals surface area contributed by atoms with Gasteiger partial charge in [0.05, 0.1) is 6.54 Å². The number of carbonyl (C=O) groups is 1. The first kappa shape index (κ1) is 16.8. The Hall–Kier alpha value is -0.610. The van der Waals surface area contributed by atoms with Crippen molar-refractivity contribution in [2.75, 3.05) is 19.6 Å². The van der Waals surface area contributed by atoms with Crippen LogP contribution in [0.3, 0.4) is 0 Å². The smallest absolute Gasteiger partial charge is 0.236 e. The summed E-state index contributed by atoms with van der Waals surface area (Å²) < 4.78 is 0. The third-order valence-electron chi connectivity index (χ3n) is 5.23. The topological polar surface area (TPSA) is 49.6 Å². The van der Waals surface area contributed by atoms with E-state index in [9.17, 15) is 4.79 Å². The van der Waals surface area contributed by atoms with Crippen molar-refractivity contribution in [3.8, 4) is 0 Å². The highest BCUT2D eigenvalue weighted by Gasteiger charge is 2.29. The van der Waals surface area contributed by atoms with Crippen LogP contribution in [0.4, 0.5) is 0 Å². The fourth-order valence-corrected chi connectivity index (χ4v) is 3.88. The summed E-state index contributed by atoms with van der Waals surface area (Å²) in [5.74, 6) is 0.338. The lowest BCUT2D eigenvalue weighted by Gasteiger charge is -2.39. The van der Waals surface area contributed by atoms with Crippen LogP contribution in [0.5, 0.6) is 0 Å². The van der Waals surface area contributed by atoms with E-state index in [1.807, 2.05) is 0 Å². The third kappa shape index (κ3) is 4.68. The van der Waals surface area contributed by atoms with E-state index in [0.29, 0.717) is 30.6 Å². The van der Waals surface area contributed by atoms with Gasteiger partial charge in [-0.1, -0.05) is 6.92 Å². The molecule has 1 heterocycles. The van der Waals surface area contributed by atoms with E-state index in [-0.39, 0.29) is 0 Å². The first-order valence-corrected chi connectivity index (χ1v) is 8.91. The third-order valence-corrected chi connectivity index (χ3v) is 5.23. The Morgan fingerprint density at radius 2 is 1.90 bits per heavy atom. The molecule has 0 bridgehead atoms. The van der Waals surface area contributed by atoms with Gasteiger partial charge in [-0.15, -0.1) is 0 Å². The zero-order valence-electron chi connectivity index (χ0n) is 13.9. The van der Waals surface area contributed by atoms with Crippen LogP contribution < -0.4 is 5.73 Å². The van der Waals surface area contributed by atoms with Gasteiger partial charge in [-0.2, -0.15) is 0 Å². The molecule has 0 radical (unpaired) electrons. The Morgan fingerprint density at radius 3 is 2.52 bits per heavy atom. The molecule has 1 atom stereocenters. The summed E-state index contributed by atoms with van der Waals surface area (Å²) in [5, 5.41) is 0. The van der Waals surface area contributed by atoms with Crippen molar-refractivity contribution < 1.29 is 4.79 Å². The number of nitrogens with zero attached hydrogens (tertiary/aromatic N) is 2. The lowest BCUT2D eigenvalue weighted by molar-refractivity contribution is -0.136. The number of rotatable bonds is 5. The normalized spacial score (nSPS) is 30.7. The Morgan fingerprint density at radius 1 is 1.19 bits per heavy atom. The molecule has 0 spiro atoms. The first-order valence-electron chi connectivity index (χ1n) is 8.91. The van der Waals surface area contributed by atoms with E-state index in [0.717, 1.165) is 51.6 Å². The summed E-state index contributed by atoms with van der Waals surface area (Å²) in [4.78, 5) is 17.2. The molecule has 1 aliphatic heterocycles. The Bertz CT molecular complexity index is 326. The fraction of sp³-hybridized carbons (Fsp3) is 0.941. The molecule has 1 aliphatic carbocycles. The lowest BCUT2D eigenvalue weighted by atomic mass is 9.90. The van der Waals surface area contributed by atoms with E-state index in [1.165, 1.54) is 12.8 Å². The summed E-state index contributed by atoms with van der Waals surface area (Å²) in [6.07, 6.45) is 9.25. The van der Waals surface area contributed by atoms with Crippen molar-refractivity contribution in [3.63, 3.8) is 0 Å². The van der Waals surface area contributed by atoms with Crippen LogP contribution in [0, 0.1) is 0 Å². The predicted molar refractivity (Wildman–Crippen MR) is 87.1 cm³/mol. The average Bonchev–Trinajstić information content (AvgIpc) is 2.48. The van der Waals surface area contributed by atoms with Gasteiger partial charge in [-0.25, -0.2) is 0 Å². The molecule has 4 nitrogen and oxygen atoms in total. The highest BCUT2D eigenvalue weighted by Crippen LogP contribution is 2.23. The number of piperidine rings is 1. The molecular formula is C17H33N3O. The molecule has 1 saturated carbocycles. The minimum Gasteiger partial charge on any atom is -0.339 e. The standard InChI is InChI=1S/C17H33N3O/c1-3-11-19(16-9-7-15(18)8-10-16)13-17(21)20-12-5-4-6-14(20)2/h14-16H,3-13,18H2,1-2H3. The van der Waals surface area contributed by atoms with E-state index < -0.39 is 0 Å². The quantitative estimate of drug-likeness (QED) is 0.847. The van der Waals surface area contributed by atoms with E-state index >= 15 is 0 Å². The van der Waals surface area contributed by atoms with Gasteiger partial charge in [0.2, 0.25) is 5.91 Å². The van der Waals surface area contributed by atoms with Gasteiger partial charge in [0, 0.05) is 24.7 Å². The summed E-state index contributed by atoms with van der Waals surface area (Å²) >= 11 is 0. The lowest BCUT2D eigenvalue weighted by Crippen LogP contribution is -2.50. The fourth-order valence-electron chi connectivity index (χ4n) is 3.88. The molecular weight excluding hydrogens is 262 g/mol. The number of nitrogens with two attached hydrogens (primary N) is 1. The maximum absolute atomic E-state index is 12.7. The second-order valence-corrected chi connectivity index (χ2v) is 6.97. The van der Waals surface area contributed by atoms with Gasteiger partial charge >= 0.3 is 0 Å². The molecule has 0 aromatic heterocycles. The van der Waals surface area contributed by atoms with Gasteiger partial charge in [-0.3, -0.25) is 9.69 Å². The zero-order valence-corrected chi connectivity index (χ0v) is 13.9. The van der Waals surface area contributed by atoms with Gasteiger partial charge < -0.3 is 10.6 Å². The van der Waals surface area contributed by atoms with Crippen LogP contribution >= 0.6 is 0 Å². The number of carbonyl (C=O) groups excluding carboxylic acids is 1. The maximum Gasteiger partial charge on any atom is 0.236 e. The zero-order chi connectivity index (χ0) is 15.2. The molecule has 2 fully saturated rings. The summed E-state index contributed by atoms with van der Waals surface area (Å²) in [6.45, 7) is 7.00. The van der Waals surface area contributed by atoms with E-state index in [1.54, 1.807) is 0 Å². The molecule has 2 aliphatic rings. The Balaban J connectivity index is 1.90. The minimum atomic E-state index is 0.338. The van der Waals surface area contributed by atoms with Crippen LogP contribution in [0.1, 0.15) is 65.2 Å². The van der Waals surface area contributed by atoms with Crippen LogP contribution in [0.15, 0.2) is 0 Å². The van der Waals surface area contributed by atoms with Crippen LogP contribution in [0.25, 0.3) is 0 Å². The van der Waals surface area contributed by atoms with Crippen LogP contribution in [-0.4, -0.2) is 53.5 Å². The molecule has 1 unspecified atom stereocenters. The predicted octanol–water partition coefficient (Wildman–Crippen LogP) is 2.37. The molecule has 2 rings (SSSR count). The number of amides is 1. The largest absolute Gasteiger partial charge is 0.339 e. The Kier molecular flexibility index (Phi) is 6.49. The van der Waals surface area contributed by atoms with Crippen LogP contribution in [0.2, 0.25) is 0 Å². The second-order valence-electron chi connectivity index (χ2n) is 6.97. The van der Waals surface area contributed by atoms with Crippen molar-refractivity contribution in [2.45, 2.75) is 83.3 Å². The second kappa shape index (κ2) is 8.14. The number of hydrogen-bond donors (Lipinski definition) is 1. The average molecular weight is 295 g/mol. The Labute approximate surface area is 130 Å². The highest BCUT2D eigenvalue weighted by molar-refractivity contribution is 5.78. The monoisotopic (exact) mass is 295 g/mol. The van der Waals surface area contributed by atoms with E-state index in [2.05, 4.69) is 23.6 Å². The van der Waals surface area contributed by atoms with Crippen molar-refractivity contribution in [3.05, 3.63) is 0 Å². The van der Waals surface area contributed by atoms with Crippen LogP contribution in [-0.2, 0) is 4.79 Å². The summed E-state index contributed by atoms with van der Waals surface area (Å²) in [5.41, 5.74) is 6.01. The van der Waals surface area contributed by atoms with Gasteiger partial charge in [0.15, 0.2) is 0 Å². The maximum atomic E-state index is 12.7. The minimum absolute atomic E-state index is 0.338. The number of likely N-dealkylation sites (tertiary alicyclic amines) is 1. The molecule has 21 heavy (non-hydrogen) atoms. The van der Waals surface area contributed by atoms with Crippen molar-refractivity contribution in [2.24, 2.45) is 5.73 Å². The molecule has 1 amide bonds. The highest BCUT2D eigenvalue weighted by atomic mass is 16.2. The summed E-state index contributed by atoms with van der Waals surface area (Å²) in [6, 6.07) is 1.37. The molecule has 122 valence electrons. The van der Waals surface area contributed by atoms with E-state index in [4.69, 9.17) is 5.73 Å². The first-order chi connectivity index (χ1) is 10.1. The number of hydrogen-bond acceptors (Lipinski definition) is 3. The van der Waals surface area contributed by atoms with Crippen molar-refractivity contribution >= 4 is 5.91 Å². The van der Waals surface area contributed by atoms with Crippen molar-refractivity contribution in [1.29, 1.82) is 0 Å². The molecule has 2 N–H and O–H groups in total. The van der Waals surface area contributed by atoms with Gasteiger partial charge in [-0.05, 0) is 64.8 Å². The van der Waals surface area contributed by atoms with Crippen molar-refractivity contribution in [1.82, 2.24) is 9.80 Å².